The van der Waals surface area contributed by atoms with Gasteiger partial charge in [0.2, 0.25) is 11.6 Å². The summed E-state index contributed by atoms with van der Waals surface area (Å²) in [5, 5.41) is 11.2. The van der Waals surface area contributed by atoms with Gasteiger partial charge in [-0.05, 0) is 61.9 Å². The van der Waals surface area contributed by atoms with Crippen LogP contribution in [-0.2, 0) is 4.79 Å². The zero-order chi connectivity index (χ0) is 24.1. The molecule has 0 radical (unpaired) electrons. The van der Waals surface area contributed by atoms with E-state index < -0.39 is 5.25 Å². The van der Waals surface area contributed by atoms with Crippen molar-refractivity contribution in [1.82, 2.24) is 19.2 Å². The number of aromatic nitrogens is 4. The summed E-state index contributed by atoms with van der Waals surface area (Å²) in [7, 11) is 1.59. The number of methoxy groups -OCH3 is 1. The van der Waals surface area contributed by atoms with Crippen LogP contribution in [0.25, 0.3) is 11.3 Å². The fourth-order valence-electron chi connectivity index (χ4n) is 3.37. The number of ether oxygens (including phenoxy) is 2. The van der Waals surface area contributed by atoms with Crippen LogP contribution in [0, 0.1) is 0 Å². The van der Waals surface area contributed by atoms with E-state index in [9.17, 15) is 9.59 Å². The predicted octanol–water partition coefficient (Wildman–Crippen LogP) is 3.80. The highest BCUT2D eigenvalue weighted by atomic mass is 32.2. The Balaban J connectivity index is 1.54. The number of benzene rings is 2. The summed E-state index contributed by atoms with van der Waals surface area (Å²) < 4.78 is 13.7. The molecular weight excluding hydrogens is 454 g/mol. The van der Waals surface area contributed by atoms with Crippen LogP contribution in [0.1, 0.15) is 20.3 Å². The molecule has 1 N–H and O–H groups in total. The molecule has 0 saturated heterocycles. The molecule has 176 valence electrons. The van der Waals surface area contributed by atoms with Crippen molar-refractivity contribution in [2.45, 2.75) is 30.7 Å². The molecular formula is C24H25N5O4S. The van der Waals surface area contributed by atoms with Crippen molar-refractivity contribution in [3.8, 4) is 17.2 Å². The molecule has 0 aliphatic heterocycles. The number of thioether (sulfide) groups is 1. The summed E-state index contributed by atoms with van der Waals surface area (Å²) in [4.78, 5) is 25.9. The van der Waals surface area contributed by atoms with E-state index in [-0.39, 0.29) is 17.1 Å². The molecule has 0 aliphatic carbocycles. The fourth-order valence-corrected chi connectivity index (χ4v) is 4.30. The first-order valence-electron chi connectivity index (χ1n) is 10.8. The third-order valence-corrected chi connectivity index (χ3v) is 6.45. The Hall–Kier alpha value is -3.79. The van der Waals surface area contributed by atoms with Gasteiger partial charge in [0, 0.05) is 23.8 Å². The summed E-state index contributed by atoms with van der Waals surface area (Å²) in [6.45, 7) is 4.41. The fraction of sp³-hybridized carbons (Fsp3) is 0.250. The topological polar surface area (TPSA) is 99.8 Å². The lowest BCUT2D eigenvalue weighted by molar-refractivity contribution is -0.115. The first-order valence-corrected chi connectivity index (χ1v) is 11.7. The number of carbonyl (C=O) groups excluding carboxylic acids is 1. The average Bonchev–Trinajstić information content (AvgIpc) is 3.27. The lowest BCUT2D eigenvalue weighted by atomic mass is 10.2. The maximum absolute atomic E-state index is 13.0. The molecule has 4 rings (SSSR count). The number of nitrogens with zero attached hydrogens (tertiary/aromatic N) is 4. The summed E-state index contributed by atoms with van der Waals surface area (Å²) in [6, 6.07) is 14.4. The Morgan fingerprint density at radius 2 is 1.74 bits per heavy atom. The van der Waals surface area contributed by atoms with Crippen molar-refractivity contribution in [3.63, 3.8) is 0 Å². The molecule has 1 amide bonds. The normalized spacial score (nSPS) is 11.9. The number of amides is 1. The Morgan fingerprint density at radius 1 is 1.03 bits per heavy atom. The molecule has 2 aromatic carbocycles. The molecule has 0 fully saturated rings. The van der Waals surface area contributed by atoms with Crippen LogP contribution in [-0.4, -0.2) is 44.0 Å². The number of nitrogens with one attached hydrogen (secondary N) is 1. The molecule has 0 unspecified atom stereocenters. The maximum Gasteiger partial charge on any atom is 0.300 e. The van der Waals surface area contributed by atoms with Crippen molar-refractivity contribution in [1.29, 1.82) is 0 Å². The second kappa shape index (κ2) is 10.4. The summed E-state index contributed by atoms with van der Waals surface area (Å²) in [5.41, 5.74) is 1.25. The molecule has 10 heteroatoms. The van der Waals surface area contributed by atoms with Gasteiger partial charge in [-0.2, -0.15) is 0 Å². The Morgan fingerprint density at radius 3 is 2.38 bits per heavy atom. The summed E-state index contributed by atoms with van der Waals surface area (Å²) >= 11 is 1.27. The Labute approximate surface area is 200 Å². The molecule has 0 spiro atoms. The van der Waals surface area contributed by atoms with Gasteiger partial charge in [0.1, 0.15) is 11.5 Å². The number of carbonyl (C=O) groups is 1. The van der Waals surface area contributed by atoms with Gasteiger partial charge in [0.25, 0.3) is 0 Å². The number of hydrogen-bond acceptors (Lipinski definition) is 7. The highest BCUT2D eigenvalue weighted by molar-refractivity contribution is 8.00. The van der Waals surface area contributed by atoms with Crippen molar-refractivity contribution in [2.24, 2.45) is 0 Å². The van der Waals surface area contributed by atoms with Crippen LogP contribution >= 0.6 is 11.8 Å². The van der Waals surface area contributed by atoms with E-state index in [0.29, 0.717) is 35.3 Å². The van der Waals surface area contributed by atoms with Crippen LogP contribution in [0.3, 0.4) is 0 Å². The quantitative estimate of drug-likeness (QED) is 0.365. The highest BCUT2D eigenvalue weighted by Gasteiger charge is 2.22. The summed E-state index contributed by atoms with van der Waals surface area (Å²) in [6.07, 6.45) is 3.96. The monoisotopic (exact) mass is 479 g/mol. The largest absolute Gasteiger partial charge is 0.497 e. The average molecular weight is 480 g/mol. The zero-order valence-corrected chi connectivity index (χ0v) is 19.9. The van der Waals surface area contributed by atoms with Crippen molar-refractivity contribution < 1.29 is 14.3 Å². The number of rotatable bonds is 9. The second-order valence-corrected chi connectivity index (χ2v) is 8.48. The van der Waals surface area contributed by atoms with Gasteiger partial charge in [-0.25, -0.2) is 0 Å². The smallest absolute Gasteiger partial charge is 0.300 e. The van der Waals surface area contributed by atoms with Crippen LogP contribution < -0.4 is 20.3 Å². The van der Waals surface area contributed by atoms with E-state index in [0.717, 1.165) is 5.75 Å². The Kier molecular flexibility index (Phi) is 7.17. The predicted molar refractivity (Wildman–Crippen MR) is 131 cm³/mol. The lowest BCUT2D eigenvalue weighted by Gasteiger charge is -2.14. The minimum atomic E-state index is -0.414. The van der Waals surface area contributed by atoms with E-state index in [1.807, 2.05) is 38.1 Å². The molecule has 34 heavy (non-hydrogen) atoms. The molecule has 9 nitrogen and oxygen atoms in total. The van der Waals surface area contributed by atoms with Gasteiger partial charge in [-0.1, -0.05) is 18.7 Å². The van der Waals surface area contributed by atoms with Gasteiger partial charge in [0.15, 0.2) is 5.16 Å². The zero-order valence-electron chi connectivity index (χ0n) is 19.1. The third-order valence-electron chi connectivity index (χ3n) is 5.13. The molecule has 1 atom stereocenters. The van der Waals surface area contributed by atoms with Crippen LogP contribution in [0.15, 0.2) is 70.9 Å². The van der Waals surface area contributed by atoms with Crippen molar-refractivity contribution in [2.75, 3.05) is 19.0 Å². The molecule has 0 saturated carbocycles. The van der Waals surface area contributed by atoms with Crippen LogP contribution in [0.5, 0.6) is 11.5 Å². The lowest BCUT2D eigenvalue weighted by Crippen LogP contribution is -2.25. The van der Waals surface area contributed by atoms with E-state index >= 15 is 0 Å². The first-order chi connectivity index (χ1) is 16.5. The van der Waals surface area contributed by atoms with E-state index in [4.69, 9.17) is 9.47 Å². The standard InChI is InChI=1S/C24H25N5O4S/c1-4-20(22(30)25-16-6-10-18(32-3)11-7-16)34-24-27-26-21-23(31)28(14-15-29(21)24)17-8-12-19(13-9-17)33-5-2/h6-15,20H,4-5H2,1-3H3,(H,25,30)/t20-/m1/s1. The third kappa shape index (κ3) is 4.91. The van der Waals surface area contributed by atoms with Crippen molar-refractivity contribution in [3.05, 3.63) is 71.3 Å². The number of anilines is 1. The molecule has 4 aromatic rings. The first kappa shape index (κ1) is 23.4. The van der Waals surface area contributed by atoms with Crippen LogP contribution in [0.2, 0.25) is 0 Å². The van der Waals surface area contributed by atoms with E-state index in [1.165, 1.54) is 16.3 Å². The molecule has 0 bridgehead atoms. The van der Waals surface area contributed by atoms with E-state index in [1.54, 1.807) is 48.2 Å². The van der Waals surface area contributed by atoms with Gasteiger partial charge in [-0.3, -0.25) is 18.6 Å². The van der Waals surface area contributed by atoms with Gasteiger partial charge >= 0.3 is 5.56 Å². The number of hydrogen-bond donors (Lipinski definition) is 1. The van der Waals surface area contributed by atoms with Gasteiger partial charge < -0.3 is 14.8 Å². The highest BCUT2D eigenvalue weighted by Crippen LogP contribution is 2.26. The van der Waals surface area contributed by atoms with Gasteiger partial charge in [0.05, 0.1) is 19.0 Å². The Bertz CT molecular complexity index is 1330. The minimum Gasteiger partial charge on any atom is -0.497 e. The van der Waals surface area contributed by atoms with Crippen LogP contribution in [0.4, 0.5) is 5.69 Å². The molecule has 0 aliphatic rings. The second-order valence-electron chi connectivity index (χ2n) is 7.31. The maximum atomic E-state index is 13.0. The molecule has 2 aromatic heterocycles. The number of fused-ring (bicyclic) bond motifs is 1. The molecule has 2 heterocycles. The minimum absolute atomic E-state index is 0.155. The SMILES string of the molecule is CCOc1ccc(-n2ccn3c(S[C@H](CC)C(=O)Nc4ccc(OC)cc4)nnc3c2=O)cc1. The summed E-state index contributed by atoms with van der Waals surface area (Å²) in [5.74, 6) is 1.29. The van der Waals surface area contributed by atoms with Gasteiger partial charge in [-0.15, -0.1) is 10.2 Å². The van der Waals surface area contributed by atoms with Crippen molar-refractivity contribution >= 4 is 29.0 Å². The van der Waals surface area contributed by atoms with E-state index in [2.05, 4.69) is 15.5 Å².